The van der Waals surface area contributed by atoms with Crippen LogP contribution in [0.4, 0.5) is 5.69 Å². The zero-order valence-corrected chi connectivity index (χ0v) is 20.7. The number of benzene rings is 2. The second-order valence-corrected chi connectivity index (χ2v) is 12.1. The molecule has 1 amide bonds. The average Bonchev–Trinajstić information content (AvgIpc) is 2.78. The Kier molecular flexibility index (Phi) is 7.47. The predicted octanol–water partition coefficient (Wildman–Crippen LogP) is 2.76. The van der Waals surface area contributed by atoms with Crippen molar-refractivity contribution in [2.24, 2.45) is 0 Å². The highest BCUT2D eigenvalue weighted by molar-refractivity contribution is 7.89. The van der Waals surface area contributed by atoms with E-state index in [2.05, 4.69) is 5.32 Å². The second kappa shape index (κ2) is 9.80. The van der Waals surface area contributed by atoms with Gasteiger partial charge in [-0.15, -0.1) is 0 Å². The molecule has 0 aliphatic carbocycles. The highest BCUT2D eigenvalue weighted by atomic mass is 32.2. The first-order valence-corrected chi connectivity index (χ1v) is 13.4. The number of anilines is 1. The standard InChI is InChI=1S/C22H29N3O6S2/c1-16-8-5-6-13-25(16)33(29,30)21-14-17(11-12-20(21)31-4)22(26)23-18-9-7-10-19(15-18)32(27,28)24(2)3/h7,9-12,14-16H,5-6,8,13H2,1-4H3,(H,23,26). The van der Waals surface area contributed by atoms with E-state index in [1.165, 1.54) is 61.9 Å². The summed E-state index contributed by atoms with van der Waals surface area (Å²) in [5.74, 6) is -0.413. The van der Waals surface area contributed by atoms with Crippen LogP contribution < -0.4 is 10.1 Å². The minimum atomic E-state index is -3.87. The van der Waals surface area contributed by atoms with Crippen LogP contribution in [-0.2, 0) is 20.0 Å². The summed E-state index contributed by atoms with van der Waals surface area (Å²) in [6, 6.07) is 9.93. The fourth-order valence-electron chi connectivity index (χ4n) is 3.72. The molecule has 9 nitrogen and oxygen atoms in total. The van der Waals surface area contributed by atoms with Crippen molar-refractivity contribution in [3.05, 3.63) is 48.0 Å². The van der Waals surface area contributed by atoms with Crippen molar-refractivity contribution in [3.8, 4) is 5.75 Å². The van der Waals surface area contributed by atoms with Crippen LogP contribution in [0.15, 0.2) is 52.3 Å². The number of nitrogens with one attached hydrogen (secondary N) is 1. The summed E-state index contributed by atoms with van der Waals surface area (Å²) in [5.41, 5.74) is 0.382. The number of carbonyl (C=O) groups is 1. The van der Waals surface area contributed by atoms with Gasteiger partial charge >= 0.3 is 0 Å². The topological polar surface area (TPSA) is 113 Å². The Labute approximate surface area is 195 Å². The molecule has 2 aromatic carbocycles. The number of nitrogens with zero attached hydrogens (tertiary/aromatic N) is 2. The van der Waals surface area contributed by atoms with Gasteiger partial charge in [0.1, 0.15) is 10.6 Å². The molecule has 0 saturated carbocycles. The lowest BCUT2D eigenvalue weighted by molar-refractivity contribution is 0.102. The smallest absolute Gasteiger partial charge is 0.255 e. The summed E-state index contributed by atoms with van der Waals surface area (Å²) in [6.45, 7) is 2.28. The minimum absolute atomic E-state index is 0.0300. The van der Waals surface area contributed by atoms with Gasteiger partial charge in [-0.3, -0.25) is 4.79 Å². The molecule has 180 valence electrons. The number of methoxy groups -OCH3 is 1. The molecule has 1 aliphatic rings. The molecule has 33 heavy (non-hydrogen) atoms. The first kappa shape index (κ1) is 25.2. The molecule has 11 heteroatoms. The maximum absolute atomic E-state index is 13.4. The van der Waals surface area contributed by atoms with Crippen LogP contribution in [0.5, 0.6) is 5.75 Å². The molecule has 1 saturated heterocycles. The molecule has 0 bridgehead atoms. The Morgan fingerprint density at radius 3 is 2.45 bits per heavy atom. The van der Waals surface area contributed by atoms with E-state index in [0.717, 1.165) is 23.6 Å². The molecule has 1 unspecified atom stereocenters. The predicted molar refractivity (Wildman–Crippen MR) is 125 cm³/mol. The third kappa shape index (κ3) is 5.21. The van der Waals surface area contributed by atoms with Gasteiger partial charge in [0.15, 0.2) is 0 Å². The molecule has 1 aliphatic heterocycles. The third-order valence-electron chi connectivity index (χ3n) is 5.62. The highest BCUT2D eigenvalue weighted by Gasteiger charge is 2.33. The first-order chi connectivity index (χ1) is 15.5. The summed E-state index contributed by atoms with van der Waals surface area (Å²) < 4.78 is 59.3. The Balaban J connectivity index is 1.93. The fourth-order valence-corrected chi connectivity index (χ4v) is 6.55. The number of piperidine rings is 1. The normalized spacial score (nSPS) is 17.7. The van der Waals surface area contributed by atoms with Gasteiger partial charge < -0.3 is 10.1 Å². The number of carbonyl (C=O) groups excluding carboxylic acids is 1. The van der Waals surface area contributed by atoms with E-state index in [1.807, 2.05) is 6.92 Å². The van der Waals surface area contributed by atoms with Gasteiger partial charge in [0, 0.05) is 37.9 Å². The van der Waals surface area contributed by atoms with Gasteiger partial charge in [0.2, 0.25) is 20.0 Å². The van der Waals surface area contributed by atoms with E-state index < -0.39 is 26.0 Å². The molecular formula is C22H29N3O6S2. The van der Waals surface area contributed by atoms with Crippen LogP contribution >= 0.6 is 0 Å². The summed E-state index contributed by atoms with van der Waals surface area (Å²) in [6.07, 6.45) is 2.52. The number of amides is 1. The third-order valence-corrected chi connectivity index (χ3v) is 9.47. The molecule has 2 aromatic rings. The Bertz CT molecular complexity index is 1240. The molecule has 0 radical (unpaired) electrons. The first-order valence-electron chi connectivity index (χ1n) is 10.5. The van der Waals surface area contributed by atoms with Crippen molar-refractivity contribution >= 4 is 31.6 Å². The van der Waals surface area contributed by atoms with Crippen molar-refractivity contribution in [1.29, 1.82) is 0 Å². The Morgan fingerprint density at radius 2 is 1.82 bits per heavy atom. The number of sulfonamides is 2. The zero-order chi connectivity index (χ0) is 24.4. The fraction of sp³-hybridized carbons (Fsp3) is 0.409. The lowest BCUT2D eigenvalue weighted by atomic mass is 10.1. The van der Waals surface area contributed by atoms with Gasteiger partial charge in [-0.25, -0.2) is 21.1 Å². The van der Waals surface area contributed by atoms with Crippen molar-refractivity contribution in [1.82, 2.24) is 8.61 Å². The van der Waals surface area contributed by atoms with E-state index in [1.54, 1.807) is 6.07 Å². The average molecular weight is 496 g/mol. The molecule has 1 heterocycles. The second-order valence-electron chi connectivity index (χ2n) is 8.10. The van der Waals surface area contributed by atoms with E-state index >= 15 is 0 Å². The van der Waals surface area contributed by atoms with E-state index in [0.29, 0.717) is 6.54 Å². The molecule has 0 spiro atoms. The van der Waals surface area contributed by atoms with E-state index in [-0.39, 0.29) is 32.8 Å². The van der Waals surface area contributed by atoms with Crippen molar-refractivity contribution in [2.45, 2.75) is 42.0 Å². The quantitative estimate of drug-likeness (QED) is 0.632. The number of hydrogen-bond acceptors (Lipinski definition) is 6. The van der Waals surface area contributed by atoms with E-state index in [9.17, 15) is 21.6 Å². The lowest BCUT2D eigenvalue weighted by Crippen LogP contribution is -2.42. The minimum Gasteiger partial charge on any atom is -0.495 e. The van der Waals surface area contributed by atoms with Crippen LogP contribution in [-0.4, -0.2) is 65.1 Å². The van der Waals surface area contributed by atoms with Crippen LogP contribution in [0, 0.1) is 0 Å². The van der Waals surface area contributed by atoms with Crippen LogP contribution in [0.25, 0.3) is 0 Å². The van der Waals surface area contributed by atoms with Gasteiger partial charge in [0.25, 0.3) is 5.91 Å². The molecule has 0 aromatic heterocycles. The van der Waals surface area contributed by atoms with Gasteiger partial charge in [-0.1, -0.05) is 12.5 Å². The van der Waals surface area contributed by atoms with Crippen LogP contribution in [0.1, 0.15) is 36.5 Å². The molecule has 1 atom stereocenters. The monoisotopic (exact) mass is 495 g/mol. The summed E-state index contributed by atoms with van der Waals surface area (Å²) in [5, 5.41) is 2.64. The van der Waals surface area contributed by atoms with Crippen LogP contribution in [0.3, 0.4) is 0 Å². The van der Waals surface area contributed by atoms with Crippen molar-refractivity contribution < 1.29 is 26.4 Å². The summed E-state index contributed by atoms with van der Waals surface area (Å²) in [4.78, 5) is 12.9. The zero-order valence-electron chi connectivity index (χ0n) is 19.1. The van der Waals surface area contributed by atoms with E-state index in [4.69, 9.17) is 4.74 Å². The molecule has 1 N–H and O–H groups in total. The Hall–Kier alpha value is -2.47. The van der Waals surface area contributed by atoms with Gasteiger partial charge in [0.05, 0.1) is 12.0 Å². The molecule has 1 fully saturated rings. The lowest BCUT2D eigenvalue weighted by Gasteiger charge is -2.32. The summed E-state index contributed by atoms with van der Waals surface area (Å²) in [7, 11) is -3.33. The number of ether oxygens (including phenoxy) is 1. The van der Waals surface area contributed by atoms with Gasteiger partial charge in [-0.05, 0) is 56.2 Å². The SMILES string of the molecule is COc1ccc(C(=O)Nc2cccc(S(=O)(=O)N(C)C)c2)cc1S(=O)(=O)N1CCCCC1C. The van der Waals surface area contributed by atoms with Crippen LogP contribution in [0.2, 0.25) is 0 Å². The maximum atomic E-state index is 13.4. The maximum Gasteiger partial charge on any atom is 0.255 e. The summed E-state index contributed by atoms with van der Waals surface area (Å²) >= 11 is 0. The van der Waals surface area contributed by atoms with Crippen molar-refractivity contribution in [2.75, 3.05) is 33.1 Å². The molecule has 3 rings (SSSR count). The number of rotatable bonds is 7. The number of hydrogen-bond donors (Lipinski definition) is 1. The Morgan fingerprint density at radius 1 is 1.09 bits per heavy atom. The largest absolute Gasteiger partial charge is 0.495 e. The van der Waals surface area contributed by atoms with Gasteiger partial charge in [-0.2, -0.15) is 4.31 Å². The van der Waals surface area contributed by atoms with Crippen molar-refractivity contribution in [3.63, 3.8) is 0 Å². The highest BCUT2D eigenvalue weighted by Crippen LogP contribution is 2.32. The molecular weight excluding hydrogens is 466 g/mol.